The van der Waals surface area contributed by atoms with Gasteiger partial charge in [0.05, 0.1) is 13.7 Å². The SMILES string of the molecule is COc1ccccc1-c1ccc2oc(CN3CCCN(C(=O)c4cc(C)n(C)n4)CC3)cc2c1.Cl. The Labute approximate surface area is 211 Å². The van der Waals surface area contributed by atoms with Crippen molar-refractivity contribution in [3.05, 3.63) is 71.7 Å². The molecule has 0 bridgehead atoms. The van der Waals surface area contributed by atoms with Gasteiger partial charge in [0.1, 0.15) is 17.1 Å². The molecule has 1 amide bonds. The van der Waals surface area contributed by atoms with Crippen LogP contribution in [0.4, 0.5) is 0 Å². The van der Waals surface area contributed by atoms with Crippen molar-refractivity contribution < 1.29 is 13.9 Å². The summed E-state index contributed by atoms with van der Waals surface area (Å²) in [4.78, 5) is 17.2. The number of fused-ring (bicyclic) bond motifs is 1. The quantitative estimate of drug-likeness (QED) is 0.394. The smallest absolute Gasteiger partial charge is 0.274 e. The number of nitrogens with zero attached hydrogens (tertiary/aromatic N) is 4. The average Bonchev–Trinajstić information content (AvgIpc) is 3.31. The molecular weight excluding hydrogens is 464 g/mol. The van der Waals surface area contributed by atoms with Crippen LogP contribution in [0.25, 0.3) is 22.1 Å². The standard InChI is InChI=1S/C27H30N4O3.ClH/c1-19-15-24(28-29(19)2)27(32)31-12-6-11-30(13-14-31)18-22-17-21-16-20(9-10-25(21)34-22)23-7-4-5-8-26(23)33-3;/h4-5,7-10,15-17H,6,11-14,18H2,1-3H3;1H. The zero-order valence-electron chi connectivity index (χ0n) is 20.4. The van der Waals surface area contributed by atoms with Crippen molar-refractivity contribution in [3.8, 4) is 16.9 Å². The molecule has 0 spiro atoms. The molecule has 35 heavy (non-hydrogen) atoms. The van der Waals surface area contributed by atoms with Crippen molar-refractivity contribution in [2.75, 3.05) is 33.3 Å². The van der Waals surface area contributed by atoms with E-state index in [0.29, 0.717) is 12.2 Å². The lowest BCUT2D eigenvalue weighted by molar-refractivity contribution is 0.0754. The Kier molecular flexibility index (Phi) is 7.48. The first-order valence-corrected chi connectivity index (χ1v) is 11.7. The fraction of sp³-hybridized carbons (Fsp3) is 0.333. The van der Waals surface area contributed by atoms with Gasteiger partial charge >= 0.3 is 0 Å². The summed E-state index contributed by atoms with van der Waals surface area (Å²) in [5.74, 6) is 1.81. The van der Waals surface area contributed by atoms with E-state index in [1.807, 2.05) is 49.2 Å². The minimum atomic E-state index is 0. The lowest BCUT2D eigenvalue weighted by Crippen LogP contribution is -2.35. The second kappa shape index (κ2) is 10.5. The highest BCUT2D eigenvalue weighted by atomic mass is 35.5. The second-order valence-corrected chi connectivity index (χ2v) is 8.88. The van der Waals surface area contributed by atoms with Crippen LogP contribution >= 0.6 is 12.4 Å². The maximum atomic E-state index is 12.9. The summed E-state index contributed by atoms with van der Waals surface area (Å²) in [5.41, 5.74) is 4.56. The van der Waals surface area contributed by atoms with Gasteiger partial charge in [0, 0.05) is 49.9 Å². The number of carbonyl (C=O) groups is 1. The maximum Gasteiger partial charge on any atom is 0.274 e. The Balaban J connectivity index is 0.00000289. The Morgan fingerprint density at radius 2 is 1.89 bits per heavy atom. The number of furan rings is 1. The molecule has 1 saturated heterocycles. The number of hydrogen-bond donors (Lipinski definition) is 0. The van der Waals surface area contributed by atoms with Crippen LogP contribution in [-0.2, 0) is 13.6 Å². The Morgan fingerprint density at radius 1 is 1.06 bits per heavy atom. The zero-order chi connectivity index (χ0) is 23.7. The number of amides is 1. The second-order valence-electron chi connectivity index (χ2n) is 8.88. The largest absolute Gasteiger partial charge is 0.496 e. The van der Waals surface area contributed by atoms with E-state index < -0.39 is 0 Å². The van der Waals surface area contributed by atoms with Gasteiger partial charge in [-0.15, -0.1) is 12.4 Å². The lowest BCUT2D eigenvalue weighted by Gasteiger charge is -2.20. The third-order valence-electron chi connectivity index (χ3n) is 6.57. The maximum absolute atomic E-state index is 12.9. The number of halogens is 1. The van der Waals surface area contributed by atoms with Gasteiger partial charge in [-0.05, 0) is 49.2 Å². The summed E-state index contributed by atoms with van der Waals surface area (Å²) < 4.78 is 13.4. The van der Waals surface area contributed by atoms with Gasteiger partial charge in [-0.1, -0.05) is 24.3 Å². The van der Waals surface area contributed by atoms with E-state index in [-0.39, 0.29) is 18.3 Å². The molecule has 2 aromatic carbocycles. The summed E-state index contributed by atoms with van der Waals surface area (Å²) in [5, 5.41) is 5.44. The minimum Gasteiger partial charge on any atom is -0.496 e. The molecule has 2 aromatic heterocycles. The number of rotatable bonds is 5. The van der Waals surface area contributed by atoms with E-state index in [4.69, 9.17) is 9.15 Å². The van der Waals surface area contributed by atoms with Crippen LogP contribution in [0, 0.1) is 6.92 Å². The van der Waals surface area contributed by atoms with Crippen molar-refractivity contribution in [2.45, 2.75) is 19.9 Å². The first kappa shape index (κ1) is 24.8. The van der Waals surface area contributed by atoms with Crippen LogP contribution in [0.2, 0.25) is 0 Å². The Bertz CT molecular complexity index is 1310. The van der Waals surface area contributed by atoms with Gasteiger partial charge in [0.25, 0.3) is 5.91 Å². The number of hydrogen-bond acceptors (Lipinski definition) is 5. The van der Waals surface area contributed by atoms with E-state index >= 15 is 0 Å². The van der Waals surface area contributed by atoms with Crippen molar-refractivity contribution in [1.82, 2.24) is 19.6 Å². The summed E-state index contributed by atoms with van der Waals surface area (Å²) in [6.07, 6.45) is 0.926. The molecule has 7 nitrogen and oxygen atoms in total. The molecular formula is C27H31ClN4O3. The van der Waals surface area contributed by atoms with E-state index in [2.05, 4.69) is 34.3 Å². The van der Waals surface area contributed by atoms with Gasteiger partial charge < -0.3 is 14.1 Å². The van der Waals surface area contributed by atoms with E-state index in [0.717, 1.165) is 71.9 Å². The predicted molar refractivity (Wildman–Crippen MR) is 139 cm³/mol. The van der Waals surface area contributed by atoms with Gasteiger partial charge in [-0.25, -0.2) is 0 Å². The van der Waals surface area contributed by atoms with Crippen LogP contribution in [0.1, 0.15) is 28.4 Å². The first-order chi connectivity index (χ1) is 16.5. The molecule has 5 rings (SSSR count). The number of benzene rings is 2. The predicted octanol–water partition coefficient (Wildman–Crippen LogP) is 4.92. The fourth-order valence-corrected chi connectivity index (χ4v) is 4.61. The molecule has 1 aliphatic heterocycles. The monoisotopic (exact) mass is 494 g/mol. The number of ether oxygens (including phenoxy) is 1. The molecule has 1 fully saturated rings. The summed E-state index contributed by atoms with van der Waals surface area (Å²) in [7, 11) is 3.56. The van der Waals surface area contributed by atoms with Gasteiger partial charge in [0.15, 0.2) is 5.69 Å². The summed E-state index contributed by atoms with van der Waals surface area (Å²) in [6, 6.07) is 18.3. The summed E-state index contributed by atoms with van der Waals surface area (Å²) in [6.45, 7) is 5.85. The third kappa shape index (κ3) is 5.21. The number of carbonyl (C=O) groups excluding carboxylic acids is 1. The van der Waals surface area contributed by atoms with Crippen LogP contribution < -0.4 is 4.74 Å². The third-order valence-corrected chi connectivity index (χ3v) is 6.57. The van der Waals surface area contributed by atoms with Gasteiger partial charge in [-0.2, -0.15) is 5.10 Å². The Hall–Kier alpha value is -3.29. The molecule has 0 unspecified atom stereocenters. The molecule has 4 aromatic rings. The van der Waals surface area contributed by atoms with E-state index in [1.54, 1.807) is 11.8 Å². The van der Waals surface area contributed by atoms with Crippen LogP contribution in [-0.4, -0.2) is 58.8 Å². The zero-order valence-corrected chi connectivity index (χ0v) is 21.2. The Morgan fingerprint density at radius 3 is 2.66 bits per heavy atom. The van der Waals surface area contributed by atoms with Crippen molar-refractivity contribution in [3.63, 3.8) is 0 Å². The van der Waals surface area contributed by atoms with Crippen molar-refractivity contribution >= 4 is 29.3 Å². The number of aryl methyl sites for hydroxylation is 2. The molecule has 8 heteroatoms. The molecule has 0 aliphatic carbocycles. The molecule has 0 N–H and O–H groups in total. The van der Waals surface area contributed by atoms with Crippen LogP contribution in [0.5, 0.6) is 5.75 Å². The van der Waals surface area contributed by atoms with Gasteiger partial charge in [-0.3, -0.25) is 14.4 Å². The molecule has 1 aliphatic rings. The molecule has 184 valence electrons. The highest BCUT2D eigenvalue weighted by molar-refractivity contribution is 5.92. The number of aromatic nitrogens is 2. The number of methoxy groups -OCH3 is 1. The van der Waals surface area contributed by atoms with E-state index in [9.17, 15) is 4.79 Å². The highest BCUT2D eigenvalue weighted by Crippen LogP contribution is 2.32. The van der Waals surface area contributed by atoms with Crippen molar-refractivity contribution in [2.24, 2.45) is 7.05 Å². The lowest BCUT2D eigenvalue weighted by atomic mass is 10.0. The van der Waals surface area contributed by atoms with Gasteiger partial charge in [0.2, 0.25) is 0 Å². The topological polar surface area (TPSA) is 63.7 Å². The van der Waals surface area contributed by atoms with E-state index in [1.165, 1.54) is 0 Å². The van der Waals surface area contributed by atoms with Crippen LogP contribution in [0.3, 0.4) is 0 Å². The molecule has 0 saturated carbocycles. The molecule has 3 heterocycles. The summed E-state index contributed by atoms with van der Waals surface area (Å²) >= 11 is 0. The molecule has 0 atom stereocenters. The number of para-hydroxylation sites is 1. The highest BCUT2D eigenvalue weighted by Gasteiger charge is 2.23. The minimum absolute atomic E-state index is 0. The average molecular weight is 495 g/mol. The first-order valence-electron chi connectivity index (χ1n) is 11.7. The fourth-order valence-electron chi connectivity index (χ4n) is 4.61. The van der Waals surface area contributed by atoms with Crippen LogP contribution in [0.15, 0.2) is 59.0 Å². The molecule has 0 radical (unpaired) electrons. The normalized spacial score (nSPS) is 14.5. The van der Waals surface area contributed by atoms with Crippen molar-refractivity contribution in [1.29, 1.82) is 0 Å².